The van der Waals surface area contributed by atoms with Crippen LogP contribution in [0.15, 0.2) is 12.2 Å². The number of rotatable bonds is 5. The maximum Gasteiger partial charge on any atom is 0.0338 e. The van der Waals surface area contributed by atoms with Gasteiger partial charge in [0.05, 0.1) is 0 Å². The molecule has 1 heterocycles. The van der Waals surface area contributed by atoms with E-state index in [9.17, 15) is 0 Å². The lowest BCUT2D eigenvalue weighted by atomic mass is 9.82. The summed E-state index contributed by atoms with van der Waals surface area (Å²) in [7, 11) is 0. The van der Waals surface area contributed by atoms with Gasteiger partial charge in [-0.25, -0.2) is 0 Å². The van der Waals surface area contributed by atoms with Crippen LogP contribution in [0.5, 0.6) is 0 Å². The zero-order valence-corrected chi connectivity index (χ0v) is 12.6. The van der Waals surface area contributed by atoms with Crippen LogP contribution in [0.25, 0.3) is 0 Å². The molecule has 1 atom stereocenters. The summed E-state index contributed by atoms with van der Waals surface area (Å²) >= 11 is 0. The van der Waals surface area contributed by atoms with Crippen molar-refractivity contribution in [2.24, 2.45) is 5.92 Å². The van der Waals surface area contributed by atoms with Crippen molar-refractivity contribution >= 4 is 0 Å². The summed E-state index contributed by atoms with van der Waals surface area (Å²) in [6.45, 7) is 12.7. The molecule has 1 saturated carbocycles. The Hall–Kier alpha value is -0.340. The SMILES string of the molecule is C/C=C/CN1CC(CC)(CC)NCC1(C)C1CC1. The topological polar surface area (TPSA) is 15.3 Å². The van der Waals surface area contributed by atoms with Crippen LogP contribution in [-0.4, -0.2) is 35.6 Å². The summed E-state index contributed by atoms with van der Waals surface area (Å²) in [4.78, 5) is 2.74. The fraction of sp³-hybridized carbons (Fsp3) is 0.875. The smallest absolute Gasteiger partial charge is 0.0338 e. The highest BCUT2D eigenvalue weighted by Gasteiger charge is 2.50. The molecule has 2 rings (SSSR count). The van der Waals surface area contributed by atoms with Gasteiger partial charge in [0.15, 0.2) is 0 Å². The van der Waals surface area contributed by atoms with Gasteiger partial charge in [0.2, 0.25) is 0 Å². The van der Waals surface area contributed by atoms with Gasteiger partial charge in [0, 0.05) is 30.7 Å². The molecule has 2 fully saturated rings. The minimum atomic E-state index is 0.343. The molecule has 18 heavy (non-hydrogen) atoms. The molecule has 0 bridgehead atoms. The van der Waals surface area contributed by atoms with Crippen LogP contribution in [0.4, 0.5) is 0 Å². The van der Waals surface area contributed by atoms with Gasteiger partial charge in [-0.1, -0.05) is 26.0 Å². The van der Waals surface area contributed by atoms with Gasteiger partial charge in [-0.05, 0) is 45.4 Å². The molecule has 0 aromatic carbocycles. The first-order valence-corrected chi connectivity index (χ1v) is 7.71. The van der Waals surface area contributed by atoms with Gasteiger partial charge < -0.3 is 5.32 Å². The van der Waals surface area contributed by atoms with Crippen LogP contribution in [0.3, 0.4) is 0 Å². The standard InChI is InChI=1S/C16H30N2/c1-5-8-11-18-13-16(6-2,7-3)17-12-15(18,4)14-9-10-14/h5,8,14,17H,6-7,9-13H2,1-4H3/b8-5+. The van der Waals surface area contributed by atoms with E-state index >= 15 is 0 Å². The van der Waals surface area contributed by atoms with Crippen molar-refractivity contribution in [3.05, 3.63) is 12.2 Å². The number of allylic oxidation sites excluding steroid dienone is 1. The molecular weight excluding hydrogens is 220 g/mol. The van der Waals surface area contributed by atoms with Crippen molar-refractivity contribution in [3.8, 4) is 0 Å². The molecule has 2 aliphatic rings. The second-order valence-electron chi connectivity index (χ2n) is 6.42. The third kappa shape index (κ3) is 2.50. The van der Waals surface area contributed by atoms with E-state index in [4.69, 9.17) is 0 Å². The molecule has 0 aromatic rings. The molecular formula is C16H30N2. The number of hydrogen-bond acceptors (Lipinski definition) is 2. The Morgan fingerprint density at radius 2 is 1.94 bits per heavy atom. The number of piperazine rings is 1. The summed E-state index contributed by atoms with van der Waals surface area (Å²) in [5.41, 5.74) is 0.726. The summed E-state index contributed by atoms with van der Waals surface area (Å²) in [6, 6.07) is 0. The number of nitrogens with one attached hydrogen (secondary N) is 1. The molecule has 0 aromatic heterocycles. The van der Waals surface area contributed by atoms with Crippen molar-refractivity contribution in [2.45, 2.75) is 64.5 Å². The molecule has 0 radical (unpaired) electrons. The Balaban J connectivity index is 2.14. The Bertz CT molecular complexity index is 302. The largest absolute Gasteiger partial charge is 0.308 e. The maximum absolute atomic E-state index is 3.88. The van der Waals surface area contributed by atoms with Crippen LogP contribution in [0, 0.1) is 5.92 Å². The maximum atomic E-state index is 3.88. The molecule has 0 amide bonds. The normalized spacial score (nSPS) is 33.1. The highest BCUT2D eigenvalue weighted by Crippen LogP contribution is 2.45. The Kier molecular flexibility index (Phi) is 4.18. The van der Waals surface area contributed by atoms with E-state index in [1.54, 1.807) is 0 Å². The van der Waals surface area contributed by atoms with Crippen LogP contribution < -0.4 is 5.32 Å². The predicted octanol–water partition coefficient (Wildman–Crippen LogP) is 3.20. The molecule has 0 spiro atoms. The Morgan fingerprint density at radius 1 is 1.28 bits per heavy atom. The van der Waals surface area contributed by atoms with Crippen LogP contribution in [0.2, 0.25) is 0 Å². The second-order valence-corrected chi connectivity index (χ2v) is 6.42. The number of hydrogen-bond donors (Lipinski definition) is 1. The third-order valence-electron chi connectivity index (χ3n) is 5.41. The predicted molar refractivity (Wildman–Crippen MR) is 78.8 cm³/mol. The Labute approximate surface area is 113 Å². The van der Waals surface area contributed by atoms with Crippen molar-refractivity contribution in [1.82, 2.24) is 10.2 Å². The minimum absolute atomic E-state index is 0.343. The fourth-order valence-corrected chi connectivity index (χ4v) is 3.42. The first-order chi connectivity index (χ1) is 8.60. The molecule has 1 aliphatic carbocycles. The fourth-order valence-electron chi connectivity index (χ4n) is 3.42. The first kappa shape index (κ1) is 14.1. The van der Waals surface area contributed by atoms with E-state index in [1.807, 2.05) is 0 Å². The van der Waals surface area contributed by atoms with Gasteiger partial charge in [-0.15, -0.1) is 0 Å². The zero-order valence-electron chi connectivity index (χ0n) is 12.6. The van der Waals surface area contributed by atoms with Gasteiger partial charge in [-0.3, -0.25) is 4.90 Å². The van der Waals surface area contributed by atoms with Gasteiger partial charge >= 0.3 is 0 Å². The van der Waals surface area contributed by atoms with Gasteiger partial charge in [0.1, 0.15) is 0 Å². The molecule has 1 saturated heterocycles. The average Bonchev–Trinajstić information content (AvgIpc) is 3.23. The van der Waals surface area contributed by atoms with Gasteiger partial charge in [-0.2, -0.15) is 0 Å². The summed E-state index contributed by atoms with van der Waals surface area (Å²) < 4.78 is 0. The van der Waals surface area contributed by atoms with Gasteiger partial charge in [0.25, 0.3) is 0 Å². The van der Waals surface area contributed by atoms with Crippen molar-refractivity contribution in [1.29, 1.82) is 0 Å². The summed E-state index contributed by atoms with van der Waals surface area (Å²) in [5, 5.41) is 3.88. The van der Waals surface area contributed by atoms with Crippen LogP contribution in [0.1, 0.15) is 53.4 Å². The zero-order chi connectivity index (χ0) is 13.2. The van der Waals surface area contributed by atoms with E-state index in [1.165, 1.54) is 32.2 Å². The third-order valence-corrected chi connectivity index (χ3v) is 5.41. The van der Waals surface area contributed by atoms with E-state index in [-0.39, 0.29) is 0 Å². The lowest BCUT2D eigenvalue weighted by Crippen LogP contribution is -2.69. The average molecular weight is 250 g/mol. The summed E-state index contributed by atoms with van der Waals surface area (Å²) in [6.07, 6.45) is 9.83. The van der Waals surface area contributed by atoms with Crippen LogP contribution >= 0.6 is 0 Å². The quantitative estimate of drug-likeness (QED) is 0.754. The van der Waals surface area contributed by atoms with Crippen molar-refractivity contribution < 1.29 is 0 Å². The first-order valence-electron chi connectivity index (χ1n) is 7.71. The highest BCUT2D eigenvalue weighted by atomic mass is 15.3. The second kappa shape index (κ2) is 5.34. The number of nitrogens with zero attached hydrogens (tertiary/aromatic N) is 1. The van der Waals surface area contributed by atoms with Crippen molar-refractivity contribution in [2.75, 3.05) is 19.6 Å². The minimum Gasteiger partial charge on any atom is -0.308 e. The lowest BCUT2D eigenvalue weighted by Gasteiger charge is -2.53. The molecule has 2 nitrogen and oxygen atoms in total. The van der Waals surface area contributed by atoms with E-state index in [0.717, 1.165) is 19.0 Å². The summed E-state index contributed by atoms with van der Waals surface area (Å²) in [5.74, 6) is 0.918. The van der Waals surface area contributed by atoms with E-state index in [2.05, 4.69) is 50.1 Å². The van der Waals surface area contributed by atoms with Crippen LogP contribution in [-0.2, 0) is 0 Å². The molecule has 1 N–H and O–H groups in total. The van der Waals surface area contributed by atoms with E-state index in [0.29, 0.717) is 11.1 Å². The molecule has 104 valence electrons. The van der Waals surface area contributed by atoms with E-state index < -0.39 is 0 Å². The monoisotopic (exact) mass is 250 g/mol. The molecule has 1 aliphatic heterocycles. The highest BCUT2D eigenvalue weighted by molar-refractivity contribution is 5.09. The van der Waals surface area contributed by atoms with Crippen molar-refractivity contribution in [3.63, 3.8) is 0 Å². The molecule has 1 unspecified atom stereocenters. The lowest BCUT2D eigenvalue weighted by molar-refractivity contribution is 0.00673. The Morgan fingerprint density at radius 3 is 2.44 bits per heavy atom. The molecule has 2 heteroatoms.